The van der Waals surface area contributed by atoms with E-state index in [9.17, 15) is 9.59 Å². The summed E-state index contributed by atoms with van der Waals surface area (Å²) in [5.41, 5.74) is 2.19. The fourth-order valence-electron chi connectivity index (χ4n) is 2.07. The monoisotopic (exact) mass is 299 g/mol. The van der Waals surface area contributed by atoms with E-state index in [0.717, 1.165) is 5.56 Å². The lowest BCUT2D eigenvalue weighted by atomic mass is 10.1. The molecule has 2 N–H and O–H groups in total. The molecule has 0 saturated heterocycles. The van der Waals surface area contributed by atoms with E-state index >= 15 is 0 Å². The molecule has 6 heteroatoms. The Labute approximate surface area is 127 Å². The van der Waals surface area contributed by atoms with Crippen LogP contribution >= 0.6 is 0 Å². The molecular formula is C16H17N3O3. The van der Waals surface area contributed by atoms with Crippen molar-refractivity contribution in [1.29, 1.82) is 0 Å². The summed E-state index contributed by atoms with van der Waals surface area (Å²) in [6.45, 7) is 2.58. The molecule has 1 aromatic heterocycles. The summed E-state index contributed by atoms with van der Waals surface area (Å²) in [5.74, 6) is 0.136. The number of rotatable bonds is 5. The van der Waals surface area contributed by atoms with Gasteiger partial charge in [0, 0.05) is 23.9 Å². The predicted molar refractivity (Wildman–Crippen MR) is 80.7 cm³/mol. The van der Waals surface area contributed by atoms with Crippen LogP contribution in [0.2, 0.25) is 0 Å². The maximum atomic E-state index is 12.1. The molecule has 1 aromatic carbocycles. The van der Waals surface area contributed by atoms with Gasteiger partial charge in [-0.05, 0) is 43.4 Å². The minimum atomic E-state index is -0.368. The van der Waals surface area contributed by atoms with Crippen molar-refractivity contribution in [2.45, 2.75) is 19.8 Å². The molecule has 6 nitrogen and oxygen atoms in total. The topological polar surface area (TPSA) is 84.2 Å². The molecule has 0 unspecified atom stereocenters. The summed E-state index contributed by atoms with van der Waals surface area (Å²) >= 11 is 0. The molecule has 0 radical (unpaired) electrons. The average Bonchev–Trinajstić information content (AvgIpc) is 3.18. The molecule has 3 rings (SSSR count). The number of aryl methyl sites for hydroxylation is 1. The molecule has 2 amide bonds. The van der Waals surface area contributed by atoms with Gasteiger partial charge in [0.25, 0.3) is 11.8 Å². The van der Waals surface area contributed by atoms with Crippen LogP contribution in [0.15, 0.2) is 35.1 Å². The number of carbonyl (C=O) groups excluding carboxylic acids is 2. The summed E-state index contributed by atoms with van der Waals surface area (Å²) in [7, 11) is 0. The second-order valence-corrected chi connectivity index (χ2v) is 5.52. The number of hydrogen-bond donors (Lipinski definition) is 2. The summed E-state index contributed by atoms with van der Waals surface area (Å²) in [6.07, 6.45) is 3.71. The van der Waals surface area contributed by atoms with Crippen molar-refractivity contribution in [3.05, 3.63) is 47.3 Å². The number of benzene rings is 1. The summed E-state index contributed by atoms with van der Waals surface area (Å²) in [6, 6.07) is 6.72. The molecule has 0 bridgehead atoms. The van der Waals surface area contributed by atoms with Crippen LogP contribution in [-0.4, -0.2) is 23.5 Å². The van der Waals surface area contributed by atoms with Crippen molar-refractivity contribution in [2.75, 3.05) is 11.9 Å². The quantitative estimate of drug-likeness (QED) is 0.887. The number of carbonyl (C=O) groups is 2. The Hall–Kier alpha value is -2.63. The molecular weight excluding hydrogens is 282 g/mol. The Bertz CT molecular complexity index is 691. The van der Waals surface area contributed by atoms with Gasteiger partial charge in [-0.2, -0.15) is 0 Å². The lowest BCUT2D eigenvalue weighted by Crippen LogP contribution is -2.25. The molecule has 114 valence electrons. The summed E-state index contributed by atoms with van der Waals surface area (Å²) < 4.78 is 4.65. The van der Waals surface area contributed by atoms with Crippen molar-refractivity contribution in [3.8, 4) is 0 Å². The largest absolute Gasteiger partial charge is 0.364 e. The van der Waals surface area contributed by atoms with Gasteiger partial charge < -0.3 is 15.2 Å². The summed E-state index contributed by atoms with van der Waals surface area (Å²) in [4.78, 5) is 24.1. The van der Waals surface area contributed by atoms with Crippen LogP contribution in [0, 0.1) is 12.8 Å². The molecule has 0 aliphatic heterocycles. The number of nitrogens with zero attached hydrogens (tertiary/aromatic N) is 1. The molecule has 1 saturated carbocycles. The third kappa shape index (κ3) is 3.33. The van der Waals surface area contributed by atoms with Crippen LogP contribution < -0.4 is 10.6 Å². The molecule has 1 heterocycles. The second kappa shape index (κ2) is 6.01. The Balaban J connectivity index is 1.71. The van der Waals surface area contributed by atoms with E-state index < -0.39 is 0 Å². The Kier molecular flexibility index (Phi) is 3.91. The zero-order valence-electron chi connectivity index (χ0n) is 12.3. The van der Waals surface area contributed by atoms with E-state index in [1.165, 1.54) is 25.2 Å². The first-order valence-corrected chi connectivity index (χ1v) is 7.24. The van der Waals surface area contributed by atoms with E-state index in [2.05, 4.69) is 20.3 Å². The van der Waals surface area contributed by atoms with Crippen LogP contribution in [0.5, 0.6) is 0 Å². The van der Waals surface area contributed by atoms with Crippen LogP contribution in [-0.2, 0) is 0 Å². The number of aromatic nitrogens is 1. The zero-order chi connectivity index (χ0) is 15.5. The van der Waals surface area contributed by atoms with E-state index in [1.54, 1.807) is 12.1 Å². The fraction of sp³-hybridized carbons (Fsp3) is 0.312. The van der Waals surface area contributed by atoms with Gasteiger partial charge in [-0.3, -0.25) is 9.59 Å². The van der Waals surface area contributed by atoms with Crippen LogP contribution in [0.25, 0.3) is 0 Å². The maximum absolute atomic E-state index is 12.1. The zero-order valence-corrected chi connectivity index (χ0v) is 12.3. The van der Waals surface area contributed by atoms with Gasteiger partial charge in [0.05, 0.1) is 0 Å². The van der Waals surface area contributed by atoms with Gasteiger partial charge in [0.1, 0.15) is 6.26 Å². The van der Waals surface area contributed by atoms with Gasteiger partial charge in [-0.15, -0.1) is 0 Å². The first kappa shape index (κ1) is 14.3. The molecule has 2 aromatic rings. The Morgan fingerprint density at radius 2 is 2.09 bits per heavy atom. The Morgan fingerprint density at radius 3 is 2.77 bits per heavy atom. The smallest absolute Gasteiger partial charge is 0.277 e. The fourth-order valence-corrected chi connectivity index (χ4v) is 2.07. The minimum Gasteiger partial charge on any atom is -0.364 e. The average molecular weight is 299 g/mol. The number of nitrogens with one attached hydrogen (secondary N) is 2. The highest BCUT2D eigenvalue weighted by atomic mass is 16.5. The van der Waals surface area contributed by atoms with Crippen molar-refractivity contribution < 1.29 is 14.1 Å². The maximum Gasteiger partial charge on any atom is 0.277 e. The highest BCUT2D eigenvalue weighted by Gasteiger charge is 2.22. The van der Waals surface area contributed by atoms with E-state index in [0.29, 0.717) is 23.7 Å². The molecule has 1 aliphatic carbocycles. The van der Waals surface area contributed by atoms with Crippen molar-refractivity contribution in [2.24, 2.45) is 5.92 Å². The predicted octanol–water partition coefficient (Wildman–Crippen LogP) is 2.38. The summed E-state index contributed by atoms with van der Waals surface area (Å²) in [5, 5.41) is 9.24. The third-order valence-corrected chi connectivity index (χ3v) is 3.67. The Morgan fingerprint density at radius 1 is 1.27 bits per heavy atom. The van der Waals surface area contributed by atoms with Crippen molar-refractivity contribution >= 4 is 17.5 Å². The van der Waals surface area contributed by atoms with Gasteiger partial charge in [-0.1, -0.05) is 11.2 Å². The minimum absolute atomic E-state index is 0.121. The lowest BCUT2D eigenvalue weighted by Gasteiger charge is -2.10. The van der Waals surface area contributed by atoms with Crippen molar-refractivity contribution in [3.63, 3.8) is 0 Å². The number of hydrogen-bond acceptors (Lipinski definition) is 4. The normalized spacial score (nSPS) is 13.7. The third-order valence-electron chi connectivity index (χ3n) is 3.67. The van der Waals surface area contributed by atoms with Gasteiger partial charge in [0.2, 0.25) is 0 Å². The van der Waals surface area contributed by atoms with Crippen LogP contribution in [0.3, 0.4) is 0 Å². The first-order valence-electron chi connectivity index (χ1n) is 7.24. The molecule has 0 spiro atoms. The lowest BCUT2D eigenvalue weighted by molar-refractivity contribution is 0.0950. The highest BCUT2D eigenvalue weighted by Crippen LogP contribution is 2.27. The van der Waals surface area contributed by atoms with E-state index in [1.807, 2.05) is 13.0 Å². The number of anilines is 1. The van der Waals surface area contributed by atoms with Crippen LogP contribution in [0.1, 0.15) is 39.3 Å². The number of amides is 2. The van der Waals surface area contributed by atoms with Gasteiger partial charge >= 0.3 is 0 Å². The van der Waals surface area contributed by atoms with E-state index in [-0.39, 0.29) is 17.5 Å². The molecule has 0 atom stereocenters. The van der Waals surface area contributed by atoms with Gasteiger partial charge in [-0.25, -0.2) is 0 Å². The second-order valence-electron chi connectivity index (χ2n) is 5.52. The van der Waals surface area contributed by atoms with Crippen LogP contribution in [0.4, 0.5) is 5.69 Å². The SMILES string of the molecule is Cc1ccc(C(=O)NCC2CC2)cc1NC(=O)c1ccon1. The molecule has 1 aliphatic rings. The standard InChI is InChI=1S/C16H17N3O3/c1-10-2-5-12(15(20)17-9-11-3-4-11)8-14(10)18-16(21)13-6-7-22-19-13/h2,5-8,11H,3-4,9H2,1H3,(H,17,20)(H,18,21). The first-order chi connectivity index (χ1) is 10.6. The molecule has 22 heavy (non-hydrogen) atoms. The highest BCUT2D eigenvalue weighted by molar-refractivity contribution is 6.04. The molecule has 1 fully saturated rings. The van der Waals surface area contributed by atoms with Crippen molar-refractivity contribution in [1.82, 2.24) is 10.5 Å². The van der Waals surface area contributed by atoms with E-state index in [4.69, 9.17) is 0 Å². The van der Waals surface area contributed by atoms with Gasteiger partial charge in [0.15, 0.2) is 5.69 Å².